The molecule has 0 fully saturated rings. The molecule has 0 aromatic heterocycles. The van der Waals surface area contributed by atoms with Crippen molar-refractivity contribution in [2.45, 2.75) is 52.4 Å². The molecular weight excluding hydrogens is 220 g/mol. The predicted octanol–water partition coefficient (Wildman–Crippen LogP) is 3.20. The van der Waals surface area contributed by atoms with Crippen molar-refractivity contribution < 1.29 is 4.79 Å². The van der Waals surface area contributed by atoms with Crippen LogP contribution in [0.15, 0.2) is 0 Å². The van der Waals surface area contributed by atoms with E-state index in [1.807, 2.05) is 0 Å². The van der Waals surface area contributed by atoms with Gasteiger partial charge in [-0.2, -0.15) is 4.79 Å². The third-order valence-corrected chi connectivity index (χ3v) is 26.7. The van der Waals surface area contributed by atoms with Gasteiger partial charge in [-0.25, -0.2) is 0 Å². The maximum atomic E-state index is 9.24. The summed E-state index contributed by atoms with van der Waals surface area (Å²) in [4.78, 5) is 4.87. The molecule has 0 atom stereocenters. The topological polar surface area (TPSA) is 36.4 Å². The van der Waals surface area contributed by atoms with Gasteiger partial charge in [-0.05, 0) is 0 Å². The second-order valence-electron chi connectivity index (χ2n) is 6.57. The number of rotatable bonds is 3. The Morgan fingerprint density at radius 3 is 1.29 bits per heavy atom. The molecule has 0 radical (unpaired) electrons. The molecule has 0 unspecified atom stereocenters. The van der Waals surface area contributed by atoms with E-state index in [1.54, 1.807) is 0 Å². The van der Waals surface area contributed by atoms with Crippen molar-refractivity contribution >= 4 is 28.2 Å². The Kier molecular flexibility index (Phi) is 3.89. The van der Waals surface area contributed by atoms with E-state index in [4.69, 9.17) is 0 Å². The Hall–Kier alpha value is 0.0306. The van der Waals surface area contributed by atoms with Crippen LogP contribution in [-0.4, -0.2) is 33.0 Å². The molecule has 5 heteroatoms. The highest BCUT2D eigenvalue weighted by Crippen LogP contribution is 2.23. The minimum absolute atomic E-state index is 1.20. The van der Waals surface area contributed by atoms with Crippen LogP contribution >= 0.6 is 0 Å². The minimum atomic E-state index is -1.47. The average molecular weight is 245 g/mol. The standard InChI is InChI=1S/C9H24N2Si3/c1-12(2,3)9(11-10)14(7,8)13(4,5)6/h1-8H3. The Balaban J connectivity index is 5.40. The minimum Gasteiger partial charge on any atom is -0.363 e. The first-order valence-corrected chi connectivity index (χ1v) is 16.2. The van der Waals surface area contributed by atoms with Gasteiger partial charge in [0.1, 0.15) is 0 Å². The molecule has 0 aliphatic heterocycles. The van der Waals surface area contributed by atoms with Crippen LogP contribution in [0.1, 0.15) is 0 Å². The molecule has 2 nitrogen and oxygen atoms in total. The zero-order valence-electron chi connectivity index (χ0n) is 10.9. The molecule has 0 aromatic carbocycles. The van der Waals surface area contributed by atoms with Gasteiger partial charge < -0.3 is 5.53 Å². The van der Waals surface area contributed by atoms with Crippen LogP contribution in [0.25, 0.3) is 5.53 Å². The van der Waals surface area contributed by atoms with Gasteiger partial charge in [0.15, 0.2) is 15.7 Å². The van der Waals surface area contributed by atoms with Gasteiger partial charge in [0.2, 0.25) is 4.96 Å². The zero-order valence-corrected chi connectivity index (χ0v) is 13.9. The van der Waals surface area contributed by atoms with Crippen molar-refractivity contribution in [3.05, 3.63) is 5.53 Å². The summed E-state index contributed by atoms with van der Waals surface area (Å²) in [5.74, 6) is 0. The molecule has 0 aliphatic rings. The second-order valence-corrected chi connectivity index (χ2v) is 28.5. The number of hydrogen-bond acceptors (Lipinski definition) is 0. The van der Waals surface area contributed by atoms with Crippen molar-refractivity contribution in [2.75, 3.05) is 0 Å². The fraction of sp³-hybridized carbons (Fsp3) is 0.889. The largest absolute Gasteiger partial charge is 0.363 e. The Bertz CT molecular complexity index is 265. The molecule has 0 saturated heterocycles. The van der Waals surface area contributed by atoms with Crippen LogP contribution < -0.4 is 0 Å². The molecule has 0 bridgehead atoms. The molecule has 0 amide bonds. The van der Waals surface area contributed by atoms with Crippen molar-refractivity contribution in [2.24, 2.45) is 0 Å². The van der Waals surface area contributed by atoms with Crippen LogP contribution in [0.3, 0.4) is 0 Å². The highest BCUT2D eigenvalue weighted by molar-refractivity contribution is 7.59. The zero-order chi connectivity index (χ0) is 11.8. The van der Waals surface area contributed by atoms with Gasteiger partial charge >= 0.3 is 0 Å². The molecular formula is C9H24N2Si3. The molecule has 0 rings (SSSR count). The molecule has 0 spiro atoms. The SMILES string of the molecule is C[Si](C)(C)C(=[N+]=[N-])[Si](C)(C)[Si](C)(C)C. The smallest absolute Gasteiger partial charge is 0.205 e. The summed E-state index contributed by atoms with van der Waals surface area (Å²) in [6.45, 7) is 18.7. The monoisotopic (exact) mass is 244 g/mol. The van der Waals surface area contributed by atoms with Crippen LogP contribution in [0.5, 0.6) is 0 Å². The van der Waals surface area contributed by atoms with Gasteiger partial charge in [0.25, 0.3) is 0 Å². The van der Waals surface area contributed by atoms with Gasteiger partial charge in [0.05, 0.1) is 7.59 Å². The second kappa shape index (κ2) is 3.89. The highest BCUT2D eigenvalue weighted by Gasteiger charge is 2.52. The van der Waals surface area contributed by atoms with Gasteiger partial charge in [0, 0.05) is 0 Å². The van der Waals surface area contributed by atoms with Crippen LogP contribution in [0.4, 0.5) is 0 Å². The van der Waals surface area contributed by atoms with E-state index in [2.05, 4.69) is 57.2 Å². The van der Waals surface area contributed by atoms with E-state index in [0.717, 1.165) is 0 Å². The summed E-state index contributed by atoms with van der Waals surface area (Å²) in [6, 6.07) is 0. The van der Waals surface area contributed by atoms with Crippen molar-refractivity contribution in [1.82, 2.24) is 0 Å². The Morgan fingerprint density at radius 1 is 0.857 bits per heavy atom. The van der Waals surface area contributed by atoms with Crippen molar-refractivity contribution in [3.63, 3.8) is 0 Å². The first kappa shape index (κ1) is 14.0. The molecule has 0 aromatic rings. The lowest BCUT2D eigenvalue weighted by atomic mass is 11.6. The summed E-state index contributed by atoms with van der Waals surface area (Å²) < 4.78 is 0. The molecule has 14 heavy (non-hydrogen) atoms. The van der Waals surface area contributed by atoms with E-state index in [1.165, 1.54) is 4.96 Å². The summed E-state index contributed by atoms with van der Waals surface area (Å²) in [5, 5.41) is 0. The normalized spacial score (nSPS) is 13.7. The van der Waals surface area contributed by atoms with E-state index in [0.29, 0.717) is 0 Å². The lowest BCUT2D eigenvalue weighted by molar-refractivity contribution is 0.00237. The fourth-order valence-corrected chi connectivity index (χ4v) is 19.4. The molecule has 0 N–H and O–H groups in total. The van der Waals surface area contributed by atoms with E-state index < -0.39 is 23.3 Å². The first-order valence-electron chi connectivity index (χ1n) is 5.17. The van der Waals surface area contributed by atoms with Crippen molar-refractivity contribution in [3.8, 4) is 0 Å². The van der Waals surface area contributed by atoms with Gasteiger partial charge in [-0.1, -0.05) is 52.4 Å². The Labute approximate surface area is 91.2 Å². The highest BCUT2D eigenvalue weighted by atomic mass is 29.3. The third kappa shape index (κ3) is 2.76. The Morgan fingerprint density at radius 2 is 1.21 bits per heavy atom. The van der Waals surface area contributed by atoms with Crippen molar-refractivity contribution in [1.29, 1.82) is 0 Å². The fourth-order valence-electron chi connectivity index (χ4n) is 1.57. The van der Waals surface area contributed by atoms with Gasteiger partial charge in [-0.3, -0.25) is 0 Å². The summed E-state index contributed by atoms with van der Waals surface area (Å²) in [6.07, 6.45) is 0. The third-order valence-electron chi connectivity index (χ3n) is 3.28. The molecule has 82 valence electrons. The molecule has 0 aliphatic carbocycles. The molecule has 0 heterocycles. The first-order chi connectivity index (χ1) is 5.94. The van der Waals surface area contributed by atoms with Crippen LogP contribution in [0, 0.1) is 0 Å². The number of nitrogens with zero attached hydrogens (tertiary/aromatic N) is 2. The molecule has 0 saturated carbocycles. The van der Waals surface area contributed by atoms with E-state index in [9.17, 15) is 5.53 Å². The average Bonchev–Trinajstić information content (AvgIpc) is 1.80. The van der Waals surface area contributed by atoms with Crippen LogP contribution in [-0.2, 0) is 0 Å². The predicted molar refractivity (Wildman–Crippen MR) is 72.8 cm³/mol. The van der Waals surface area contributed by atoms with E-state index in [-0.39, 0.29) is 0 Å². The lowest BCUT2D eigenvalue weighted by Crippen LogP contribution is -2.65. The van der Waals surface area contributed by atoms with Gasteiger partial charge in [-0.15, -0.1) is 0 Å². The quantitative estimate of drug-likeness (QED) is 0.316. The maximum absolute atomic E-state index is 9.24. The maximum Gasteiger partial charge on any atom is 0.205 e. The summed E-state index contributed by atoms with van der Waals surface area (Å²) >= 11 is 0. The summed E-state index contributed by atoms with van der Waals surface area (Å²) in [7, 11) is -4.10. The lowest BCUT2D eigenvalue weighted by Gasteiger charge is -2.34. The van der Waals surface area contributed by atoms with Crippen LogP contribution in [0.2, 0.25) is 52.4 Å². The summed E-state index contributed by atoms with van der Waals surface area (Å²) in [5.41, 5.74) is 9.24. The number of hydrogen-bond donors (Lipinski definition) is 0. The van der Waals surface area contributed by atoms with E-state index >= 15 is 0 Å².